The second kappa shape index (κ2) is 7.98. The van der Waals surface area contributed by atoms with Crippen LogP contribution < -0.4 is 10.1 Å². The molecule has 0 spiro atoms. The minimum Gasteiger partial charge on any atom is -0.497 e. The number of aliphatic hydroxyl groups is 1. The van der Waals surface area contributed by atoms with Crippen LogP contribution in [0.1, 0.15) is 63.4 Å². The van der Waals surface area contributed by atoms with Gasteiger partial charge in [-0.05, 0) is 44.0 Å². The fourth-order valence-corrected chi connectivity index (χ4v) is 3.99. The molecule has 1 unspecified atom stereocenters. The maximum Gasteiger partial charge on any atom is 0.118 e. The first-order valence-corrected chi connectivity index (χ1v) is 8.68. The first kappa shape index (κ1) is 17.3. The number of methoxy groups -OCH3 is 1. The van der Waals surface area contributed by atoms with E-state index in [0.717, 1.165) is 44.3 Å². The minimum absolute atomic E-state index is 0.142. The Morgan fingerprint density at radius 2 is 1.82 bits per heavy atom. The lowest BCUT2D eigenvalue weighted by Crippen LogP contribution is -2.48. The van der Waals surface area contributed by atoms with E-state index >= 15 is 0 Å². The molecule has 0 saturated heterocycles. The molecule has 0 aromatic heterocycles. The summed E-state index contributed by atoms with van der Waals surface area (Å²) in [6.45, 7) is 2.21. The number of likely N-dealkylation sites (N-methyl/N-ethyl adjacent to an activating group) is 1. The van der Waals surface area contributed by atoms with Crippen molar-refractivity contribution in [3.8, 4) is 5.75 Å². The summed E-state index contributed by atoms with van der Waals surface area (Å²) in [7, 11) is 3.71. The van der Waals surface area contributed by atoms with Gasteiger partial charge in [0.2, 0.25) is 0 Å². The smallest absolute Gasteiger partial charge is 0.118 e. The molecule has 3 heteroatoms. The van der Waals surface area contributed by atoms with Crippen LogP contribution in [0.15, 0.2) is 24.3 Å². The van der Waals surface area contributed by atoms with Gasteiger partial charge in [0.05, 0.1) is 12.7 Å². The van der Waals surface area contributed by atoms with Crippen molar-refractivity contribution in [2.45, 2.75) is 69.4 Å². The molecule has 2 atom stereocenters. The molecule has 22 heavy (non-hydrogen) atoms. The van der Waals surface area contributed by atoms with Gasteiger partial charge in [0.25, 0.3) is 0 Å². The van der Waals surface area contributed by atoms with Crippen LogP contribution in [0.5, 0.6) is 5.75 Å². The van der Waals surface area contributed by atoms with E-state index in [9.17, 15) is 5.11 Å². The summed E-state index contributed by atoms with van der Waals surface area (Å²) in [6, 6.07) is 8.56. The summed E-state index contributed by atoms with van der Waals surface area (Å²) < 4.78 is 5.28. The average molecular weight is 305 g/mol. The quantitative estimate of drug-likeness (QED) is 0.803. The Labute approximate surface area is 135 Å². The molecule has 0 bridgehead atoms. The largest absolute Gasteiger partial charge is 0.497 e. The average Bonchev–Trinajstić information content (AvgIpc) is 2.55. The maximum absolute atomic E-state index is 11.4. The zero-order valence-corrected chi connectivity index (χ0v) is 14.3. The zero-order valence-electron chi connectivity index (χ0n) is 14.3. The van der Waals surface area contributed by atoms with Gasteiger partial charge in [-0.15, -0.1) is 0 Å². The highest BCUT2D eigenvalue weighted by molar-refractivity contribution is 5.32. The third-order valence-corrected chi connectivity index (χ3v) is 5.15. The van der Waals surface area contributed by atoms with Crippen LogP contribution in [-0.4, -0.2) is 30.9 Å². The van der Waals surface area contributed by atoms with Crippen molar-refractivity contribution in [1.29, 1.82) is 0 Å². The lowest BCUT2D eigenvalue weighted by molar-refractivity contribution is -0.0325. The third-order valence-electron chi connectivity index (χ3n) is 5.15. The van der Waals surface area contributed by atoms with Gasteiger partial charge in [0.15, 0.2) is 0 Å². The van der Waals surface area contributed by atoms with E-state index in [1.165, 1.54) is 12.0 Å². The van der Waals surface area contributed by atoms with Gasteiger partial charge >= 0.3 is 0 Å². The van der Waals surface area contributed by atoms with E-state index in [0.29, 0.717) is 6.04 Å². The lowest BCUT2D eigenvalue weighted by atomic mass is 9.69. The molecule has 0 heterocycles. The van der Waals surface area contributed by atoms with E-state index in [2.05, 4.69) is 24.4 Å². The second-order valence-electron chi connectivity index (χ2n) is 6.60. The molecule has 1 aliphatic rings. The fourth-order valence-electron chi connectivity index (χ4n) is 3.99. The van der Waals surface area contributed by atoms with Crippen molar-refractivity contribution >= 4 is 0 Å². The van der Waals surface area contributed by atoms with E-state index < -0.39 is 5.60 Å². The van der Waals surface area contributed by atoms with Crippen LogP contribution in [0.3, 0.4) is 0 Å². The van der Waals surface area contributed by atoms with Crippen molar-refractivity contribution in [3.63, 3.8) is 0 Å². The summed E-state index contributed by atoms with van der Waals surface area (Å²) in [4.78, 5) is 0. The number of benzene rings is 1. The topological polar surface area (TPSA) is 41.5 Å². The fraction of sp³-hybridized carbons (Fsp3) is 0.684. The molecule has 124 valence electrons. The second-order valence-corrected chi connectivity index (χ2v) is 6.60. The highest BCUT2D eigenvalue weighted by atomic mass is 16.5. The Bertz CT molecular complexity index is 437. The number of rotatable bonds is 7. The van der Waals surface area contributed by atoms with Crippen molar-refractivity contribution in [2.75, 3.05) is 14.2 Å². The molecule has 3 nitrogen and oxygen atoms in total. The Kier molecular flexibility index (Phi) is 6.27. The van der Waals surface area contributed by atoms with Crippen molar-refractivity contribution in [1.82, 2.24) is 5.32 Å². The maximum atomic E-state index is 11.4. The Morgan fingerprint density at radius 1 is 1.18 bits per heavy atom. The lowest BCUT2D eigenvalue weighted by Gasteiger charge is -2.43. The van der Waals surface area contributed by atoms with Gasteiger partial charge in [-0.1, -0.05) is 44.7 Å². The molecule has 2 rings (SSSR count). The Morgan fingerprint density at radius 3 is 2.32 bits per heavy atom. The molecule has 1 saturated carbocycles. The van der Waals surface area contributed by atoms with Gasteiger partial charge < -0.3 is 15.2 Å². The van der Waals surface area contributed by atoms with Crippen molar-refractivity contribution in [3.05, 3.63) is 29.8 Å². The van der Waals surface area contributed by atoms with Crippen LogP contribution in [0, 0.1) is 0 Å². The number of hydrogen-bond donors (Lipinski definition) is 2. The summed E-state index contributed by atoms with van der Waals surface area (Å²) >= 11 is 0. The number of hydrogen-bond acceptors (Lipinski definition) is 3. The van der Waals surface area contributed by atoms with Crippen LogP contribution in [-0.2, 0) is 0 Å². The molecular weight excluding hydrogens is 274 g/mol. The van der Waals surface area contributed by atoms with Crippen LogP contribution in [0.2, 0.25) is 0 Å². The van der Waals surface area contributed by atoms with Gasteiger partial charge in [0.1, 0.15) is 5.75 Å². The molecule has 2 N–H and O–H groups in total. The SMILES string of the molecule is CCCC(NC)[C@H](c1ccc(OC)cc1)C1(O)CCCCC1. The molecule has 0 radical (unpaired) electrons. The molecule has 1 aromatic rings. The molecule has 1 aromatic carbocycles. The van der Waals surface area contributed by atoms with E-state index in [-0.39, 0.29) is 5.92 Å². The minimum atomic E-state index is -0.588. The van der Waals surface area contributed by atoms with E-state index in [1.807, 2.05) is 19.2 Å². The Hall–Kier alpha value is -1.06. The normalized spacial score (nSPS) is 20.4. The summed E-state index contributed by atoms with van der Waals surface area (Å²) in [6.07, 6.45) is 7.52. The van der Waals surface area contributed by atoms with E-state index in [1.54, 1.807) is 7.11 Å². The van der Waals surface area contributed by atoms with Gasteiger partial charge in [-0.2, -0.15) is 0 Å². The molecule has 0 amide bonds. The van der Waals surface area contributed by atoms with Crippen LogP contribution in [0.25, 0.3) is 0 Å². The molecule has 1 aliphatic carbocycles. The van der Waals surface area contributed by atoms with Crippen LogP contribution in [0.4, 0.5) is 0 Å². The Balaban J connectivity index is 2.34. The van der Waals surface area contributed by atoms with Crippen molar-refractivity contribution < 1.29 is 9.84 Å². The monoisotopic (exact) mass is 305 g/mol. The number of ether oxygens (including phenoxy) is 1. The van der Waals surface area contributed by atoms with Gasteiger partial charge in [-0.25, -0.2) is 0 Å². The van der Waals surface area contributed by atoms with Crippen LogP contribution >= 0.6 is 0 Å². The molecule has 1 fully saturated rings. The predicted octanol–water partition coefficient (Wildman–Crippen LogP) is 3.86. The number of nitrogens with one attached hydrogen (secondary N) is 1. The first-order chi connectivity index (χ1) is 10.6. The summed E-state index contributed by atoms with van der Waals surface area (Å²) in [5.74, 6) is 1.01. The van der Waals surface area contributed by atoms with E-state index in [4.69, 9.17) is 4.74 Å². The van der Waals surface area contributed by atoms with Crippen molar-refractivity contribution in [2.24, 2.45) is 0 Å². The molecular formula is C19H31NO2. The predicted molar refractivity (Wildman–Crippen MR) is 91.5 cm³/mol. The third kappa shape index (κ3) is 3.82. The summed E-state index contributed by atoms with van der Waals surface area (Å²) in [5.41, 5.74) is 0.633. The highest BCUT2D eigenvalue weighted by Crippen LogP contribution is 2.43. The van der Waals surface area contributed by atoms with Gasteiger partial charge in [-0.3, -0.25) is 0 Å². The molecule has 0 aliphatic heterocycles. The first-order valence-electron chi connectivity index (χ1n) is 8.68. The standard InChI is InChI=1S/C19H31NO2/c1-4-8-17(20-2)18(19(21)13-6-5-7-14-19)15-9-11-16(22-3)12-10-15/h9-12,17-18,20-21H,4-8,13-14H2,1-3H3/t17?,18-/m0/s1. The zero-order chi connectivity index (χ0) is 16.0. The highest BCUT2D eigenvalue weighted by Gasteiger charge is 2.42. The summed E-state index contributed by atoms with van der Waals surface area (Å²) in [5, 5.41) is 14.8. The van der Waals surface area contributed by atoms with Gasteiger partial charge in [0, 0.05) is 12.0 Å².